The first-order valence-electron chi connectivity index (χ1n) is 39.6. The Morgan fingerprint density at radius 2 is 0.527 bits per heavy atom. The lowest BCUT2D eigenvalue weighted by molar-refractivity contribution is 0.523. The van der Waals surface area contributed by atoms with Gasteiger partial charge in [0.2, 0.25) is 0 Å². The van der Waals surface area contributed by atoms with Crippen LogP contribution >= 0.6 is 0 Å². The number of hydrogen-bond acceptors (Lipinski definition) is 4. The van der Waals surface area contributed by atoms with Gasteiger partial charge in [0.25, 0.3) is 13.4 Å². The fourth-order valence-corrected chi connectivity index (χ4v) is 18.3. The predicted octanol–water partition coefficient (Wildman–Crippen LogP) is 24.2. The van der Waals surface area contributed by atoms with Crippen LogP contribution in [0.2, 0.25) is 0 Å². The topological polar surface area (TPSA) is 13.0 Å². The Bertz CT molecular complexity index is 5850. The summed E-state index contributed by atoms with van der Waals surface area (Å²) in [4.78, 5) is 10.4. The number of rotatable bonds is 11. The summed E-state index contributed by atoms with van der Waals surface area (Å²) in [6.45, 7) is 32.8. The maximum absolute atomic E-state index is 2.64. The van der Waals surface area contributed by atoms with Crippen LogP contribution in [0.1, 0.15) is 130 Å². The summed E-state index contributed by atoms with van der Waals surface area (Å²) >= 11 is 0. The number of para-hydroxylation sites is 3. The van der Waals surface area contributed by atoms with Gasteiger partial charge in [0.05, 0.1) is 11.4 Å². The third-order valence-corrected chi connectivity index (χ3v) is 24.0. The Kier molecular flexibility index (Phi) is 16.8. The van der Waals surface area contributed by atoms with Gasteiger partial charge in [-0.1, -0.05) is 340 Å². The number of hydrogen-bond donors (Lipinski definition) is 0. The van der Waals surface area contributed by atoms with E-state index in [2.05, 4.69) is 432 Å². The van der Waals surface area contributed by atoms with E-state index in [9.17, 15) is 0 Å². The minimum atomic E-state index is -0.345. The van der Waals surface area contributed by atoms with Gasteiger partial charge in [-0.25, -0.2) is 0 Å². The van der Waals surface area contributed by atoms with Crippen LogP contribution in [0.25, 0.3) is 44.5 Å². The summed E-state index contributed by atoms with van der Waals surface area (Å²) in [6.07, 6.45) is 0.796. The highest BCUT2D eigenvalue weighted by Crippen LogP contribution is 2.54. The molecule has 0 fully saturated rings. The number of fused-ring (bicyclic) bond motifs is 8. The van der Waals surface area contributed by atoms with Gasteiger partial charge >= 0.3 is 0 Å². The zero-order chi connectivity index (χ0) is 75.9. The van der Waals surface area contributed by atoms with Crippen molar-refractivity contribution in [2.75, 3.05) is 19.6 Å². The fourth-order valence-electron chi connectivity index (χ4n) is 18.3. The van der Waals surface area contributed by atoms with E-state index in [1.807, 2.05) is 0 Å². The molecule has 0 unspecified atom stereocenters. The molecule has 4 heterocycles. The zero-order valence-corrected chi connectivity index (χ0v) is 66.2. The molecular formula is C104H96B2N4. The van der Waals surface area contributed by atoms with Crippen LogP contribution in [0, 0.1) is 0 Å². The average molecular weight is 1420 g/mol. The summed E-state index contributed by atoms with van der Waals surface area (Å²) in [5.41, 5.74) is 38.9. The normalized spacial score (nSPS) is 13.7. The van der Waals surface area contributed by atoms with Gasteiger partial charge in [-0.3, -0.25) is 0 Å². The second kappa shape index (κ2) is 26.3. The minimum Gasteiger partial charge on any atom is -0.311 e. The molecule has 0 spiro atoms. The van der Waals surface area contributed by atoms with Gasteiger partial charge in [0.1, 0.15) is 0 Å². The van der Waals surface area contributed by atoms with E-state index < -0.39 is 0 Å². The van der Waals surface area contributed by atoms with E-state index in [0.717, 1.165) is 29.2 Å². The van der Waals surface area contributed by atoms with Crippen molar-refractivity contribution in [3.63, 3.8) is 0 Å². The van der Waals surface area contributed by atoms with Gasteiger partial charge in [-0.2, -0.15) is 0 Å². The molecule has 18 rings (SSSR count). The first kappa shape index (κ1) is 70.1. The molecule has 0 N–H and O–H groups in total. The Morgan fingerprint density at radius 1 is 0.227 bits per heavy atom. The molecule has 0 saturated heterocycles. The first-order valence-corrected chi connectivity index (χ1v) is 39.6. The van der Waals surface area contributed by atoms with Crippen molar-refractivity contribution in [3.05, 3.63) is 349 Å². The van der Waals surface area contributed by atoms with E-state index in [0.29, 0.717) is 0 Å². The van der Waals surface area contributed by atoms with Gasteiger partial charge < -0.3 is 19.6 Å². The standard InChI is InChI=1S/C104H96B2N4/c1-100(2,3)73-49-56-78(57-50-73)107-89-60-53-75(102(7,8)9)64-85(89)105-84-43-24-25-44-88(84)109(94-47-29-45-92(107)96(94)105)99-82(71-36-22-17-23-37-71)41-28-42-83(99)72-38-26-31-68(63-72)67-104(13,14)77-55-62-91-87(66-77)106-86-65-76(103(10,11)12)54-61-90(86)108(79-58-51-74(52-59-79)101(4,5)6)93-46-30-48-95(97(93)106)110(91)98-80(69-32-18-15-19-33-69)39-27-40-81(98)70-34-20-16-21-35-70/h15-66H,67H2,1-14H3. The lowest BCUT2D eigenvalue weighted by Gasteiger charge is -2.45. The number of benzene rings is 14. The Labute approximate surface area is 653 Å². The summed E-state index contributed by atoms with van der Waals surface area (Å²) < 4.78 is 0. The molecule has 0 saturated carbocycles. The zero-order valence-electron chi connectivity index (χ0n) is 66.2. The summed E-state index contributed by atoms with van der Waals surface area (Å²) in [5.74, 6) is 0. The van der Waals surface area contributed by atoms with Crippen molar-refractivity contribution in [2.45, 2.75) is 130 Å². The highest BCUT2D eigenvalue weighted by molar-refractivity contribution is 7.01. The molecule has 4 nitrogen and oxygen atoms in total. The smallest absolute Gasteiger partial charge is 0.252 e. The molecular weight excluding hydrogens is 1330 g/mol. The largest absolute Gasteiger partial charge is 0.311 e. The predicted molar refractivity (Wildman–Crippen MR) is 474 cm³/mol. The average Bonchev–Trinajstić information content (AvgIpc) is 0.699. The van der Waals surface area contributed by atoms with Crippen molar-refractivity contribution in [1.29, 1.82) is 0 Å². The first-order chi connectivity index (χ1) is 52.9. The third-order valence-electron chi connectivity index (χ3n) is 24.0. The van der Waals surface area contributed by atoms with Crippen molar-refractivity contribution in [3.8, 4) is 44.5 Å². The highest BCUT2D eigenvalue weighted by atomic mass is 15.2. The maximum Gasteiger partial charge on any atom is 0.252 e. The van der Waals surface area contributed by atoms with Crippen molar-refractivity contribution in [2.24, 2.45) is 0 Å². The molecule has 0 amide bonds. The van der Waals surface area contributed by atoms with Crippen LogP contribution in [0.3, 0.4) is 0 Å². The van der Waals surface area contributed by atoms with E-state index >= 15 is 0 Å². The van der Waals surface area contributed by atoms with E-state index in [-0.39, 0.29) is 40.5 Å². The van der Waals surface area contributed by atoms with Crippen molar-refractivity contribution >= 4 is 114 Å². The second-order valence-electron chi connectivity index (χ2n) is 35.9. The number of anilines is 12. The molecule has 0 atom stereocenters. The third kappa shape index (κ3) is 11.9. The fraction of sp³-hybridized carbons (Fsp3) is 0.192. The van der Waals surface area contributed by atoms with Crippen LogP contribution in [0.4, 0.5) is 68.2 Å². The summed E-state index contributed by atoms with van der Waals surface area (Å²) in [7, 11) is 0. The SMILES string of the molecule is CC(C)(C)c1ccc(N2c3ccc(C(C)(C)C)cc3B3c4ccccc4N(c4c(-c5ccccc5)cccc4-c4cccc(CC(C)(C)c5ccc6c(c5)B5c7cc(C(C)(C)C)ccc7N(c7ccc(C(C)(C)C)cc7)c7cccc(c75)N6c5c(-c6ccccc6)cccc5-c5ccccc5)c4)c4cccc2c43)cc1. The van der Waals surface area contributed by atoms with E-state index in [4.69, 9.17) is 0 Å². The van der Waals surface area contributed by atoms with Gasteiger partial charge in [0.15, 0.2) is 0 Å². The van der Waals surface area contributed by atoms with Crippen LogP contribution in [-0.4, -0.2) is 13.4 Å². The maximum atomic E-state index is 2.64. The molecule has 14 aromatic carbocycles. The van der Waals surface area contributed by atoms with Crippen molar-refractivity contribution in [1.82, 2.24) is 0 Å². The molecule has 14 aromatic rings. The molecule has 4 aliphatic rings. The Balaban J connectivity index is 0.807. The van der Waals surface area contributed by atoms with Crippen LogP contribution in [0.5, 0.6) is 0 Å². The molecule has 0 aromatic heterocycles. The highest BCUT2D eigenvalue weighted by Gasteiger charge is 2.47. The molecule has 4 aliphatic heterocycles. The second-order valence-corrected chi connectivity index (χ2v) is 35.9. The Hall–Kier alpha value is -11.6. The van der Waals surface area contributed by atoms with Gasteiger partial charge in [-0.15, -0.1) is 0 Å². The van der Waals surface area contributed by atoms with Crippen LogP contribution < -0.4 is 52.4 Å². The van der Waals surface area contributed by atoms with Crippen molar-refractivity contribution < 1.29 is 0 Å². The molecule has 0 bridgehead atoms. The summed E-state index contributed by atoms with van der Waals surface area (Å²) in [6, 6.07) is 121. The van der Waals surface area contributed by atoms with E-state index in [1.165, 1.54) is 156 Å². The van der Waals surface area contributed by atoms with Crippen LogP contribution in [0.15, 0.2) is 315 Å². The molecule has 0 aliphatic carbocycles. The van der Waals surface area contributed by atoms with Gasteiger partial charge in [0, 0.05) is 79.1 Å². The molecule has 0 radical (unpaired) electrons. The minimum absolute atomic E-state index is 0.00131. The lowest BCUT2D eigenvalue weighted by atomic mass is 9.33. The molecule has 6 heteroatoms. The van der Waals surface area contributed by atoms with Gasteiger partial charge in [-0.05, 0) is 195 Å². The summed E-state index contributed by atoms with van der Waals surface area (Å²) in [5, 5.41) is 0. The monoisotopic (exact) mass is 1420 g/mol. The van der Waals surface area contributed by atoms with E-state index in [1.54, 1.807) is 0 Å². The number of nitrogens with zero attached hydrogens (tertiary/aromatic N) is 4. The lowest BCUT2D eigenvalue weighted by Crippen LogP contribution is -2.61. The Morgan fingerprint density at radius 3 is 0.945 bits per heavy atom. The molecule has 538 valence electrons. The quantitative estimate of drug-likeness (QED) is 0.120. The van der Waals surface area contributed by atoms with Crippen LogP contribution in [-0.2, 0) is 33.5 Å². The molecule has 110 heavy (non-hydrogen) atoms.